The van der Waals surface area contributed by atoms with E-state index in [0.29, 0.717) is 12.1 Å². The van der Waals surface area contributed by atoms with Crippen LogP contribution in [0.4, 0.5) is 0 Å². The summed E-state index contributed by atoms with van der Waals surface area (Å²) in [6.07, 6.45) is 3.60. The van der Waals surface area contributed by atoms with Crippen LogP contribution < -0.4 is 5.32 Å². The Morgan fingerprint density at radius 1 is 1.16 bits per heavy atom. The average Bonchev–Trinajstić information content (AvgIpc) is 2.62. The first-order chi connectivity index (χ1) is 9.22. The van der Waals surface area contributed by atoms with Crippen molar-refractivity contribution in [1.29, 1.82) is 0 Å². The average molecular weight is 260 g/mol. The second kappa shape index (κ2) is 7.06. The van der Waals surface area contributed by atoms with Gasteiger partial charge >= 0.3 is 0 Å². The SMILES string of the molecule is CCc1ccc(CN2CC(CC)NCCC2C)cc1. The van der Waals surface area contributed by atoms with Crippen molar-refractivity contribution in [3.8, 4) is 0 Å². The molecule has 0 bridgehead atoms. The molecule has 106 valence electrons. The molecule has 0 saturated carbocycles. The maximum absolute atomic E-state index is 3.65. The molecule has 0 amide bonds. The zero-order valence-corrected chi connectivity index (χ0v) is 12.7. The molecule has 0 spiro atoms. The van der Waals surface area contributed by atoms with Crippen LogP contribution in [0.3, 0.4) is 0 Å². The maximum atomic E-state index is 3.65. The molecule has 1 N–H and O–H groups in total. The minimum Gasteiger partial charge on any atom is -0.313 e. The van der Waals surface area contributed by atoms with Crippen molar-refractivity contribution >= 4 is 0 Å². The van der Waals surface area contributed by atoms with Crippen molar-refractivity contribution in [2.45, 2.75) is 58.7 Å². The lowest BCUT2D eigenvalue weighted by Gasteiger charge is -2.29. The van der Waals surface area contributed by atoms with Crippen LogP contribution >= 0.6 is 0 Å². The Morgan fingerprint density at radius 2 is 1.84 bits per heavy atom. The normalized spacial score (nSPS) is 25.2. The largest absolute Gasteiger partial charge is 0.313 e. The summed E-state index contributed by atoms with van der Waals surface area (Å²) in [5, 5.41) is 3.65. The highest BCUT2D eigenvalue weighted by molar-refractivity contribution is 5.22. The van der Waals surface area contributed by atoms with Gasteiger partial charge in [0.25, 0.3) is 0 Å². The zero-order chi connectivity index (χ0) is 13.7. The fourth-order valence-corrected chi connectivity index (χ4v) is 2.82. The van der Waals surface area contributed by atoms with E-state index in [-0.39, 0.29) is 0 Å². The van der Waals surface area contributed by atoms with Gasteiger partial charge in [-0.1, -0.05) is 38.1 Å². The van der Waals surface area contributed by atoms with Crippen LogP contribution in [0.1, 0.15) is 44.7 Å². The van der Waals surface area contributed by atoms with Crippen molar-refractivity contribution in [1.82, 2.24) is 10.2 Å². The minimum absolute atomic E-state index is 0.653. The number of nitrogens with zero attached hydrogens (tertiary/aromatic N) is 1. The number of hydrogen-bond donors (Lipinski definition) is 1. The van der Waals surface area contributed by atoms with Crippen molar-refractivity contribution < 1.29 is 0 Å². The quantitative estimate of drug-likeness (QED) is 0.894. The molecule has 2 atom stereocenters. The molecular weight excluding hydrogens is 232 g/mol. The highest BCUT2D eigenvalue weighted by atomic mass is 15.2. The van der Waals surface area contributed by atoms with Gasteiger partial charge in [-0.3, -0.25) is 4.90 Å². The Morgan fingerprint density at radius 3 is 2.47 bits per heavy atom. The summed E-state index contributed by atoms with van der Waals surface area (Å²) >= 11 is 0. The second-order valence-electron chi connectivity index (χ2n) is 5.80. The van der Waals surface area contributed by atoms with Crippen LogP contribution in [0.5, 0.6) is 0 Å². The standard InChI is InChI=1S/C17H28N2/c1-4-15-6-8-16(9-7-15)12-19-13-17(5-2)18-11-10-14(19)3/h6-9,14,17-18H,4-5,10-13H2,1-3H3. The molecule has 0 aromatic heterocycles. The molecule has 1 saturated heterocycles. The number of benzene rings is 1. The summed E-state index contributed by atoms with van der Waals surface area (Å²) in [5.41, 5.74) is 2.88. The van der Waals surface area contributed by atoms with Crippen molar-refractivity contribution in [2.75, 3.05) is 13.1 Å². The van der Waals surface area contributed by atoms with E-state index in [4.69, 9.17) is 0 Å². The Bertz CT molecular complexity index is 371. The van der Waals surface area contributed by atoms with Crippen molar-refractivity contribution in [2.24, 2.45) is 0 Å². The minimum atomic E-state index is 0.653. The Balaban J connectivity index is 2.01. The molecule has 1 aliphatic heterocycles. The molecule has 1 aromatic carbocycles. The van der Waals surface area contributed by atoms with Crippen LogP contribution in [0.15, 0.2) is 24.3 Å². The monoisotopic (exact) mass is 260 g/mol. The Kier molecular flexibility index (Phi) is 5.41. The predicted octanol–water partition coefficient (Wildman–Crippen LogP) is 3.21. The lowest BCUT2D eigenvalue weighted by atomic mass is 10.1. The van der Waals surface area contributed by atoms with Gasteiger partial charge in [-0.2, -0.15) is 0 Å². The fourth-order valence-electron chi connectivity index (χ4n) is 2.82. The number of rotatable bonds is 4. The molecule has 19 heavy (non-hydrogen) atoms. The van der Waals surface area contributed by atoms with Crippen LogP contribution in [0.25, 0.3) is 0 Å². The summed E-state index contributed by atoms with van der Waals surface area (Å²) in [4.78, 5) is 2.63. The van der Waals surface area contributed by atoms with E-state index in [1.165, 1.54) is 30.5 Å². The van der Waals surface area contributed by atoms with Gasteiger partial charge in [0.05, 0.1) is 0 Å². The fraction of sp³-hybridized carbons (Fsp3) is 0.647. The van der Waals surface area contributed by atoms with E-state index in [1.807, 2.05) is 0 Å². The molecule has 2 unspecified atom stereocenters. The molecular formula is C17H28N2. The van der Waals surface area contributed by atoms with E-state index in [2.05, 4.69) is 55.3 Å². The molecule has 1 heterocycles. The summed E-state index contributed by atoms with van der Waals surface area (Å²) in [6, 6.07) is 10.5. The zero-order valence-electron chi connectivity index (χ0n) is 12.7. The molecule has 0 radical (unpaired) electrons. The lowest BCUT2D eigenvalue weighted by molar-refractivity contribution is 0.194. The predicted molar refractivity (Wildman–Crippen MR) is 82.4 cm³/mol. The van der Waals surface area contributed by atoms with Crippen molar-refractivity contribution in [3.63, 3.8) is 0 Å². The highest BCUT2D eigenvalue weighted by Crippen LogP contribution is 2.15. The van der Waals surface area contributed by atoms with E-state index in [9.17, 15) is 0 Å². The number of hydrogen-bond acceptors (Lipinski definition) is 2. The molecule has 2 heteroatoms. The number of nitrogens with one attached hydrogen (secondary N) is 1. The van der Waals surface area contributed by atoms with Crippen LogP contribution in [0.2, 0.25) is 0 Å². The topological polar surface area (TPSA) is 15.3 Å². The first-order valence-corrected chi connectivity index (χ1v) is 7.78. The van der Waals surface area contributed by atoms with Gasteiger partial charge in [-0.25, -0.2) is 0 Å². The maximum Gasteiger partial charge on any atom is 0.0237 e. The van der Waals surface area contributed by atoms with Crippen molar-refractivity contribution in [3.05, 3.63) is 35.4 Å². The van der Waals surface area contributed by atoms with Gasteiger partial charge in [0.15, 0.2) is 0 Å². The second-order valence-corrected chi connectivity index (χ2v) is 5.80. The lowest BCUT2D eigenvalue weighted by Crippen LogP contribution is -2.39. The third-order valence-electron chi connectivity index (χ3n) is 4.38. The molecule has 2 nitrogen and oxygen atoms in total. The van der Waals surface area contributed by atoms with Gasteiger partial charge in [-0.05, 0) is 43.9 Å². The molecule has 0 aliphatic carbocycles. The van der Waals surface area contributed by atoms with E-state index >= 15 is 0 Å². The summed E-state index contributed by atoms with van der Waals surface area (Å²) in [7, 11) is 0. The van der Waals surface area contributed by atoms with Gasteiger partial charge in [0.1, 0.15) is 0 Å². The van der Waals surface area contributed by atoms with Gasteiger partial charge < -0.3 is 5.32 Å². The van der Waals surface area contributed by atoms with E-state index < -0.39 is 0 Å². The molecule has 2 rings (SSSR count). The molecule has 1 aromatic rings. The number of aryl methyl sites for hydroxylation is 1. The van der Waals surface area contributed by atoms with Crippen LogP contribution in [0, 0.1) is 0 Å². The van der Waals surface area contributed by atoms with Gasteiger partial charge in [0.2, 0.25) is 0 Å². The van der Waals surface area contributed by atoms with Crippen LogP contribution in [-0.2, 0) is 13.0 Å². The summed E-state index contributed by atoms with van der Waals surface area (Å²) in [6.45, 7) is 10.3. The van der Waals surface area contributed by atoms with E-state index in [1.54, 1.807) is 0 Å². The highest BCUT2D eigenvalue weighted by Gasteiger charge is 2.21. The molecule has 1 fully saturated rings. The Labute approximate surface area is 118 Å². The first-order valence-electron chi connectivity index (χ1n) is 7.78. The summed E-state index contributed by atoms with van der Waals surface area (Å²) < 4.78 is 0. The van der Waals surface area contributed by atoms with E-state index in [0.717, 1.165) is 19.5 Å². The Hall–Kier alpha value is -0.860. The van der Waals surface area contributed by atoms with Gasteiger partial charge in [-0.15, -0.1) is 0 Å². The third kappa shape index (κ3) is 4.05. The smallest absolute Gasteiger partial charge is 0.0237 e. The molecule has 1 aliphatic rings. The third-order valence-corrected chi connectivity index (χ3v) is 4.38. The van der Waals surface area contributed by atoms with Crippen LogP contribution in [-0.4, -0.2) is 30.1 Å². The summed E-state index contributed by atoms with van der Waals surface area (Å²) in [5.74, 6) is 0. The van der Waals surface area contributed by atoms with Gasteiger partial charge in [0, 0.05) is 25.2 Å². The first kappa shape index (κ1) is 14.5.